The maximum atomic E-state index is 12.4. The Morgan fingerprint density at radius 1 is 1.35 bits per heavy atom. The molecule has 0 aliphatic rings. The molecule has 0 unspecified atom stereocenters. The molecule has 1 aromatic heterocycles. The molecule has 0 bridgehead atoms. The van der Waals surface area contributed by atoms with Gasteiger partial charge in [-0.25, -0.2) is 9.78 Å². The molecular weight excluding hydrogens is 354 g/mol. The van der Waals surface area contributed by atoms with E-state index in [0.717, 1.165) is 12.4 Å². The van der Waals surface area contributed by atoms with Crippen LogP contribution in [0.15, 0.2) is 30.6 Å². The molecule has 2 aromatic rings. The number of urea groups is 1. The number of anilines is 1. The maximum Gasteiger partial charge on any atom is 0.321 e. The third kappa shape index (κ3) is 4.98. The highest BCUT2D eigenvalue weighted by Gasteiger charge is 2.15. The van der Waals surface area contributed by atoms with Crippen LogP contribution in [-0.4, -0.2) is 39.5 Å². The predicted octanol–water partition coefficient (Wildman–Crippen LogP) is 3.36. The summed E-state index contributed by atoms with van der Waals surface area (Å²) >= 11 is 6.11. The van der Waals surface area contributed by atoms with Crippen molar-refractivity contribution in [2.24, 2.45) is 0 Å². The molecule has 26 heavy (non-hydrogen) atoms. The Morgan fingerprint density at radius 2 is 2.08 bits per heavy atom. The van der Waals surface area contributed by atoms with E-state index in [-0.39, 0.29) is 18.0 Å². The van der Waals surface area contributed by atoms with Gasteiger partial charge >= 0.3 is 6.03 Å². The molecular formula is C18H24ClN5O2. The molecule has 0 fully saturated rings. The van der Waals surface area contributed by atoms with Crippen LogP contribution >= 0.6 is 11.6 Å². The van der Waals surface area contributed by atoms with Crippen LogP contribution in [0.2, 0.25) is 5.02 Å². The van der Waals surface area contributed by atoms with E-state index < -0.39 is 0 Å². The number of hydrogen-bond donors (Lipinski definition) is 2. The minimum atomic E-state index is -0.298. The Labute approximate surface area is 158 Å². The van der Waals surface area contributed by atoms with Gasteiger partial charge in [-0.2, -0.15) is 0 Å². The predicted molar refractivity (Wildman–Crippen MR) is 102 cm³/mol. The number of aryl methyl sites for hydroxylation is 1. The molecule has 0 atom stereocenters. The molecule has 0 spiro atoms. The minimum absolute atomic E-state index is 0.00902. The number of nitrogens with one attached hydrogen (secondary N) is 2. The Balaban J connectivity index is 2.07. The van der Waals surface area contributed by atoms with E-state index in [1.807, 2.05) is 31.5 Å². The fraction of sp³-hybridized carbons (Fsp3) is 0.389. The highest BCUT2D eigenvalue weighted by atomic mass is 35.5. The number of amides is 3. The van der Waals surface area contributed by atoms with Crippen molar-refractivity contribution in [3.8, 4) is 0 Å². The molecule has 8 heteroatoms. The minimum Gasteiger partial charge on any atom is -0.350 e. The fourth-order valence-electron chi connectivity index (χ4n) is 2.40. The van der Waals surface area contributed by atoms with Gasteiger partial charge in [-0.15, -0.1) is 0 Å². The molecule has 140 valence electrons. The molecule has 0 aliphatic carbocycles. The zero-order chi connectivity index (χ0) is 19.3. The first-order valence-corrected chi connectivity index (χ1v) is 8.82. The number of aromatic nitrogens is 2. The summed E-state index contributed by atoms with van der Waals surface area (Å²) in [5.74, 6) is 0.526. The van der Waals surface area contributed by atoms with Crippen molar-refractivity contribution in [2.75, 3.05) is 12.4 Å². The third-order valence-corrected chi connectivity index (χ3v) is 4.08. The Morgan fingerprint density at radius 3 is 2.73 bits per heavy atom. The maximum absolute atomic E-state index is 12.4. The number of carbonyl (C=O) groups is 2. The van der Waals surface area contributed by atoms with Gasteiger partial charge in [0.1, 0.15) is 5.82 Å². The van der Waals surface area contributed by atoms with Crippen LogP contribution in [0.1, 0.15) is 37.0 Å². The van der Waals surface area contributed by atoms with Crippen LogP contribution < -0.4 is 10.6 Å². The summed E-state index contributed by atoms with van der Waals surface area (Å²) in [5, 5.41) is 5.90. The first-order valence-electron chi connectivity index (χ1n) is 8.44. The van der Waals surface area contributed by atoms with E-state index in [1.54, 1.807) is 31.4 Å². The fourth-order valence-corrected chi connectivity index (χ4v) is 2.60. The second kappa shape index (κ2) is 8.71. The molecule has 3 amide bonds. The summed E-state index contributed by atoms with van der Waals surface area (Å²) in [7, 11) is 1.69. The topological polar surface area (TPSA) is 79.3 Å². The summed E-state index contributed by atoms with van der Waals surface area (Å²) in [5.41, 5.74) is 0.821. The standard InChI is InChI=1S/C18H24ClN5O2/c1-5-24-9-8-20-16(24)11-23(4)18(26)22-13-6-7-15(19)14(10-13)17(25)21-12(2)3/h6-10,12H,5,11H2,1-4H3,(H,21,25)(H,22,26). The number of nitrogens with zero attached hydrogens (tertiary/aromatic N) is 3. The molecule has 2 rings (SSSR count). The van der Waals surface area contributed by atoms with E-state index in [1.165, 1.54) is 4.90 Å². The first kappa shape index (κ1) is 19.8. The molecule has 7 nitrogen and oxygen atoms in total. The van der Waals surface area contributed by atoms with Gasteiger partial charge in [-0.1, -0.05) is 11.6 Å². The van der Waals surface area contributed by atoms with Crippen molar-refractivity contribution in [3.63, 3.8) is 0 Å². The Kier molecular flexibility index (Phi) is 6.63. The van der Waals surface area contributed by atoms with Crippen molar-refractivity contribution < 1.29 is 9.59 Å². The van der Waals surface area contributed by atoms with E-state index in [0.29, 0.717) is 22.8 Å². The monoisotopic (exact) mass is 377 g/mol. The lowest BCUT2D eigenvalue weighted by Crippen LogP contribution is -2.32. The number of hydrogen-bond acceptors (Lipinski definition) is 3. The lowest BCUT2D eigenvalue weighted by molar-refractivity contribution is 0.0943. The van der Waals surface area contributed by atoms with Gasteiger partial charge < -0.3 is 20.1 Å². The van der Waals surface area contributed by atoms with Gasteiger partial charge in [0.05, 0.1) is 17.1 Å². The quantitative estimate of drug-likeness (QED) is 0.810. The second-order valence-electron chi connectivity index (χ2n) is 6.24. The lowest BCUT2D eigenvalue weighted by Gasteiger charge is -2.19. The first-order chi connectivity index (χ1) is 12.3. The van der Waals surface area contributed by atoms with Gasteiger partial charge in [0.25, 0.3) is 5.91 Å². The molecule has 2 N–H and O–H groups in total. The van der Waals surface area contributed by atoms with Gasteiger partial charge in [-0.05, 0) is 39.0 Å². The number of rotatable bonds is 6. The number of imidazole rings is 1. The Bertz CT molecular complexity index is 788. The van der Waals surface area contributed by atoms with E-state index >= 15 is 0 Å². The van der Waals surface area contributed by atoms with Crippen molar-refractivity contribution in [2.45, 2.75) is 39.9 Å². The summed E-state index contributed by atoms with van der Waals surface area (Å²) in [6.45, 7) is 6.92. The average Bonchev–Trinajstić information content (AvgIpc) is 3.02. The zero-order valence-electron chi connectivity index (χ0n) is 15.4. The van der Waals surface area contributed by atoms with Crippen LogP contribution in [-0.2, 0) is 13.1 Å². The van der Waals surface area contributed by atoms with Crippen LogP contribution in [0.25, 0.3) is 0 Å². The van der Waals surface area contributed by atoms with Crippen LogP contribution in [0.5, 0.6) is 0 Å². The zero-order valence-corrected chi connectivity index (χ0v) is 16.2. The third-order valence-electron chi connectivity index (χ3n) is 3.75. The summed E-state index contributed by atoms with van der Waals surface area (Å²) in [6, 6.07) is 4.51. The van der Waals surface area contributed by atoms with Crippen LogP contribution in [0.4, 0.5) is 10.5 Å². The smallest absolute Gasteiger partial charge is 0.321 e. The van der Waals surface area contributed by atoms with Crippen molar-refractivity contribution in [3.05, 3.63) is 47.0 Å². The van der Waals surface area contributed by atoms with Gasteiger partial charge in [0.2, 0.25) is 0 Å². The lowest BCUT2D eigenvalue weighted by atomic mass is 10.1. The second-order valence-corrected chi connectivity index (χ2v) is 6.65. The Hall–Kier alpha value is -2.54. The molecule has 1 heterocycles. The van der Waals surface area contributed by atoms with Gasteiger partial charge in [0, 0.05) is 37.7 Å². The van der Waals surface area contributed by atoms with Crippen LogP contribution in [0.3, 0.4) is 0 Å². The van der Waals surface area contributed by atoms with Crippen molar-refractivity contribution >= 4 is 29.2 Å². The van der Waals surface area contributed by atoms with Gasteiger partial charge in [-0.3, -0.25) is 4.79 Å². The van der Waals surface area contributed by atoms with E-state index in [2.05, 4.69) is 15.6 Å². The number of benzene rings is 1. The molecule has 1 aromatic carbocycles. The average molecular weight is 378 g/mol. The molecule has 0 radical (unpaired) electrons. The summed E-state index contributed by atoms with van der Waals surface area (Å²) in [6.07, 6.45) is 3.59. The van der Waals surface area contributed by atoms with Crippen LogP contribution in [0, 0.1) is 0 Å². The summed E-state index contributed by atoms with van der Waals surface area (Å²) in [4.78, 5) is 30.4. The van der Waals surface area contributed by atoms with Crippen molar-refractivity contribution in [1.82, 2.24) is 19.8 Å². The molecule has 0 saturated carbocycles. The molecule has 0 saturated heterocycles. The normalized spacial score (nSPS) is 10.7. The number of carbonyl (C=O) groups excluding carboxylic acids is 2. The molecule has 0 aliphatic heterocycles. The van der Waals surface area contributed by atoms with Crippen molar-refractivity contribution in [1.29, 1.82) is 0 Å². The summed E-state index contributed by atoms with van der Waals surface area (Å²) < 4.78 is 1.97. The van der Waals surface area contributed by atoms with E-state index in [9.17, 15) is 9.59 Å². The highest BCUT2D eigenvalue weighted by molar-refractivity contribution is 6.34. The van der Waals surface area contributed by atoms with E-state index in [4.69, 9.17) is 11.6 Å². The largest absolute Gasteiger partial charge is 0.350 e. The SMILES string of the molecule is CCn1ccnc1CN(C)C(=O)Nc1ccc(Cl)c(C(=O)NC(C)C)c1. The highest BCUT2D eigenvalue weighted by Crippen LogP contribution is 2.21. The number of halogens is 1. The van der Waals surface area contributed by atoms with Gasteiger partial charge in [0.15, 0.2) is 0 Å².